The molecule has 0 aliphatic heterocycles. The van der Waals surface area contributed by atoms with E-state index >= 15 is 0 Å². The summed E-state index contributed by atoms with van der Waals surface area (Å²) >= 11 is 0. The Balaban J connectivity index is 2.28. The number of carbonyl (C=O) groups excluding carboxylic acids is 1. The number of esters is 1. The monoisotopic (exact) mass is 264 g/mol. The Morgan fingerprint density at radius 1 is 1.42 bits per heavy atom. The molecule has 0 N–H and O–H groups in total. The lowest BCUT2D eigenvalue weighted by Gasteiger charge is -2.51. The first kappa shape index (κ1) is 14.6. The molecule has 1 saturated carbocycles. The van der Waals surface area contributed by atoms with Gasteiger partial charge in [-0.3, -0.25) is 4.79 Å². The van der Waals surface area contributed by atoms with Gasteiger partial charge in [0.2, 0.25) is 0 Å². The normalized spacial score (nSPS) is 38.6. The van der Waals surface area contributed by atoms with Crippen LogP contribution in [0.5, 0.6) is 0 Å². The van der Waals surface area contributed by atoms with Crippen LogP contribution in [0, 0.1) is 23.7 Å². The first-order valence-electron chi connectivity index (χ1n) is 7.70. The average molecular weight is 264 g/mol. The van der Waals surface area contributed by atoms with Gasteiger partial charge in [-0.25, -0.2) is 0 Å². The van der Waals surface area contributed by atoms with Crippen molar-refractivity contribution in [1.82, 2.24) is 0 Å². The largest absolute Gasteiger partial charge is 0.459 e. The van der Waals surface area contributed by atoms with Crippen molar-refractivity contribution < 1.29 is 9.53 Å². The molecule has 4 atom stereocenters. The van der Waals surface area contributed by atoms with Gasteiger partial charge in [0, 0.05) is 12.8 Å². The van der Waals surface area contributed by atoms with Crippen LogP contribution in [-0.4, -0.2) is 11.6 Å². The summed E-state index contributed by atoms with van der Waals surface area (Å²) in [7, 11) is 0. The van der Waals surface area contributed by atoms with Gasteiger partial charge < -0.3 is 4.74 Å². The topological polar surface area (TPSA) is 26.3 Å². The Hall–Kier alpha value is -0.790. The van der Waals surface area contributed by atoms with Gasteiger partial charge in [0.05, 0.1) is 0 Å². The maximum Gasteiger partial charge on any atom is 0.303 e. The van der Waals surface area contributed by atoms with Crippen LogP contribution in [0.3, 0.4) is 0 Å². The molecular weight excluding hydrogens is 236 g/mol. The number of hydrogen-bond acceptors (Lipinski definition) is 2. The molecule has 0 aromatic carbocycles. The van der Waals surface area contributed by atoms with Crippen LogP contribution in [0.15, 0.2) is 11.6 Å². The Morgan fingerprint density at radius 3 is 2.68 bits per heavy atom. The molecule has 2 heteroatoms. The molecule has 2 nitrogen and oxygen atoms in total. The Kier molecular flexibility index (Phi) is 4.08. The fraction of sp³-hybridized carbons (Fsp3) is 0.824. The lowest BCUT2D eigenvalue weighted by atomic mass is 9.58. The molecule has 0 spiro atoms. The number of rotatable bonds is 2. The number of allylic oxidation sites excluding steroid dienone is 2. The lowest BCUT2D eigenvalue weighted by Crippen LogP contribution is -2.50. The maximum absolute atomic E-state index is 11.4. The quantitative estimate of drug-likeness (QED) is 0.547. The number of fused-ring (bicyclic) bond motifs is 1. The summed E-state index contributed by atoms with van der Waals surface area (Å²) in [4.78, 5) is 11.4. The van der Waals surface area contributed by atoms with Crippen molar-refractivity contribution in [1.29, 1.82) is 0 Å². The first-order chi connectivity index (χ1) is 8.83. The van der Waals surface area contributed by atoms with E-state index in [4.69, 9.17) is 4.74 Å². The molecule has 0 amide bonds. The fourth-order valence-electron chi connectivity index (χ4n) is 4.30. The van der Waals surface area contributed by atoms with Gasteiger partial charge in [-0.15, -0.1) is 0 Å². The third kappa shape index (κ3) is 2.88. The second kappa shape index (κ2) is 5.30. The number of hydrogen-bond donors (Lipinski definition) is 0. The van der Waals surface area contributed by atoms with Gasteiger partial charge >= 0.3 is 5.97 Å². The number of carbonyl (C=O) groups is 1. The summed E-state index contributed by atoms with van der Waals surface area (Å²) in [6, 6.07) is 0. The van der Waals surface area contributed by atoms with Crippen molar-refractivity contribution in [3.63, 3.8) is 0 Å². The summed E-state index contributed by atoms with van der Waals surface area (Å²) < 4.78 is 5.74. The zero-order valence-corrected chi connectivity index (χ0v) is 13.0. The molecule has 0 bridgehead atoms. The van der Waals surface area contributed by atoms with Crippen LogP contribution in [-0.2, 0) is 9.53 Å². The van der Waals surface area contributed by atoms with E-state index in [1.165, 1.54) is 18.4 Å². The smallest absolute Gasteiger partial charge is 0.303 e. The molecule has 0 aromatic heterocycles. The molecule has 0 unspecified atom stereocenters. The van der Waals surface area contributed by atoms with E-state index in [1.54, 1.807) is 6.92 Å². The molecule has 0 aromatic rings. The van der Waals surface area contributed by atoms with Crippen molar-refractivity contribution in [2.45, 2.75) is 65.9 Å². The highest BCUT2D eigenvalue weighted by Crippen LogP contribution is 2.51. The maximum atomic E-state index is 11.4. The van der Waals surface area contributed by atoms with Crippen LogP contribution in [0.2, 0.25) is 0 Å². The van der Waals surface area contributed by atoms with Crippen LogP contribution in [0.1, 0.15) is 60.3 Å². The standard InChI is InChI=1S/C17H28O2/c1-11(2)14-8-9-17(5,19-13(4)18)16-7-6-12(3)10-15(14)16/h10-11,14-16H,6-9H2,1-5H3/t14-,15-,16-,17+/m1/s1. The molecule has 108 valence electrons. The summed E-state index contributed by atoms with van der Waals surface area (Å²) in [6.07, 6.45) is 6.98. The second-order valence-corrected chi connectivity index (χ2v) is 7.09. The second-order valence-electron chi connectivity index (χ2n) is 7.09. The highest BCUT2D eigenvalue weighted by molar-refractivity contribution is 5.66. The molecule has 1 fully saturated rings. The highest BCUT2D eigenvalue weighted by atomic mass is 16.6. The van der Waals surface area contributed by atoms with Crippen LogP contribution in [0.25, 0.3) is 0 Å². The minimum Gasteiger partial charge on any atom is -0.459 e. The summed E-state index contributed by atoms with van der Waals surface area (Å²) in [5, 5.41) is 0. The van der Waals surface area contributed by atoms with Gasteiger partial charge in [-0.1, -0.05) is 25.5 Å². The van der Waals surface area contributed by atoms with Gasteiger partial charge in [-0.05, 0) is 57.3 Å². The third-order valence-electron chi connectivity index (χ3n) is 5.28. The molecule has 2 aliphatic carbocycles. The molecule has 2 rings (SSSR count). The summed E-state index contributed by atoms with van der Waals surface area (Å²) in [6.45, 7) is 10.6. The summed E-state index contributed by atoms with van der Waals surface area (Å²) in [5.74, 6) is 2.41. The Bertz CT molecular complexity index is 383. The van der Waals surface area contributed by atoms with E-state index in [0.29, 0.717) is 17.8 Å². The highest BCUT2D eigenvalue weighted by Gasteiger charge is 2.49. The zero-order valence-electron chi connectivity index (χ0n) is 13.0. The predicted molar refractivity (Wildman–Crippen MR) is 77.7 cm³/mol. The van der Waals surface area contributed by atoms with E-state index in [2.05, 4.69) is 33.8 Å². The van der Waals surface area contributed by atoms with E-state index in [1.807, 2.05) is 0 Å². The third-order valence-corrected chi connectivity index (χ3v) is 5.28. The molecule has 19 heavy (non-hydrogen) atoms. The van der Waals surface area contributed by atoms with Crippen LogP contribution in [0.4, 0.5) is 0 Å². The molecule has 0 radical (unpaired) electrons. The van der Waals surface area contributed by atoms with Crippen molar-refractivity contribution >= 4 is 5.97 Å². The molecule has 0 saturated heterocycles. The first-order valence-corrected chi connectivity index (χ1v) is 7.70. The van der Waals surface area contributed by atoms with Crippen molar-refractivity contribution in [2.24, 2.45) is 23.7 Å². The fourth-order valence-corrected chi connectivity index (χ4v) is 4.30. The van der Waals surface area contributed by atoms with Crippen molar-refractivity contribution in [2.75, 3.05) is 0 Å². The molecule has 0 heterocycles. The van der Waals surface area contributed by atoms with E-state index < -0.39 is 0 Å². The van der Waals surface area contributed by atoms with Gasteiger partial charge in [-0.2, -0.15) is 0 Å². The minimum atomic E-state index is -0.251. The lowest BCUT2D eigenvalue weighted by molar-refractivity contribution is -0.172. The molecule has 2 aliphatic rings. The Morgan fingerprint density at radius 2 is 2.11 bits per heavy atom. The van der Waals surface area contributed by atoms with Crippen LogP contribution < -0.4 is 0 Å². The summed E-state index contributed by atoms with van der Waals surface area (Å²) in [5.41, 5.74) is 1.26. The van der Waals surface area contributed by atoms with Crippen molar-refractivity contribution in [3.8, 4) is 0 Å². The van der Waals surface area contributed by atoms with E-state index in [-0.39, 0.29) is 11.6 Å². The van der Waals surface area contributed by atoms with Gasteiger partial charge in [0.1, 0.15) is 5.60 Å². The van der Waals surface area contributed by atoms with Crippen molar-refractivity contribution in [3.05, 3.63) is 11.6 Å². The van der Waals surface area contributed by atoms with Gasteiger partial charge in [0.15, 0.2) is 0 Å². The average Bonchev–Trinajstić information content (AvgIpc) is 2.27. The van der Waals surface area contributed by atoms with Gasteiger partial charge in [0.25, 0.3) is 0 Å². The zero-order chi connectivity index (χ0) is 14.2. The van der Waals surface area contributed by atoms with E-state index in [0.717, 1.165) is 18.8 Å². The SMILES string of the molecule is CC(=O)O[C@@]1(C)CC[C@H](C(C)C)[C@H]2C=C(C)CC[C@H]21. The molecular formula is C17H28O2. The minimum absolute atomic E-state index is 0.129. The number of ether oxygens (including phenoxy) is 1. The van der Waals surface area contributed by atoms with E-state index in [9.17, 15) is 4.79 Å². The predicted octanol–water partition coefficient (Wildman–Crippen LogP) is 4.35. The van der Waals surface area contributed by atoms with Crippen LogP contribution >= 0.6 is 0 Å². The Labute approximate surface area is 117 Å².